The lowest BCUT2D eigenvalue weighted by molar-refractivity contribution is -0.125. The highest BCUT2D eigenvalue weighted by atomic mass is 35.5. The summed E-state index contributed by atoms with van der Waals surface area (Å²) >= 11 is 6.08. The molecule has 3 rings (SSSR count). The summed E-state index contributed by atoms with van der Waals surface area (Å²) in [7, 11) is -0.519. The number of nitrogens with zero attached hydrogens (tertiary/aromatic N) is 3. The van der Waals surface area contributed by atoms with Crippen molar-refractivity contribution in [2.45, 2.75) is 37.8 Å². The average Bonchev–Trinajstić information content (AvgIpc) is 3.38. The van der Waals surface area contributed by atoms with Gasteiger partial charge in [0.1, 0.15) is 23.1 Å². The molecule has 1 aliphatic rings. The van der Waals surface area contributed by atoms with E-state index >= 15 is 0 Å². The number of carbonyl (C=O) groups excluding carboxylic acids is 2. The molecule has 0 saturated heterocycles. The summed E-state index contributed by atoms with van der Waals surface area (Å²) in [6.45, 7) is 6.98. The van der Waals surface area contributed by atoms with Crippen molar-refractivity contribution in [1.29, 1.82) is 0 Å². The zero-order valence-electron chi connectivity index (χ0n) is 23.3. The van der Waals surface area contributed by atoms with Crippen LogP contribution < -0.4 is 10.1 Å². The first-order chi connectivity index (χ1) is 18.8. The van der Waals surface area contributed by atoms with Gasteiger partial charge in [-0.1, -0.05) is 41.9 Å². The fourth-order valence-corrected chi connectivity index (χ4v) is 5.50. The van der Waals surface area contributed by atoms with E-state index in [9.17, 15) is 18.0 Å². The maximum atomic E-state index is 12.6. The molecule has 0 spiro atoms. The first-order valence-electron chi connectivity index (χ1n) is 12.6. The minimum Gasteiger partial charge on any atom is -0.497 e. The third kappa shape index (κ3) is 8.54. The molecule has 1 aliphatic heterocycles. The molecular weight excluding hydrogens is 556 g/mol. The second-order valence-corrected chi connectivity index (χ2v) is 12.5. The van der Waals surface area contributed by atoms with E-state index in [1.165, 1.54) is 36.3 Å². The van der Waals surface area contributed by atoms with Crippen LogP contribution in [0.5, 0.6) is 5.75 Å². The Labute approximate surface area is 240 Å². The van der Waals surface area contributed by atoms with Crippen molar-refractivity contribution in [3.63, 3.8) is 0 Å². The third-order valence-electron chi connectivity index (χ3n) is 5.75. The van der Waals surface area contributed by atoms with Crippen LogP contribution in [0.25, 0.3) is 0 Å². The van der Waals surface area contributed by atoms with Gasteiger partial charge in [0.25, 0.3) is 0 Å². The van der Waals surface area contributed by atoms with E-state index in [1.54, 1.807) is 18.0 Å². The van der Waals surface area contributed by atoms with Crippen molar-refractivity contribution in [2.75, 3.05) is 39.7 Å². The van der Waals surface area contributed by atoms with Crippen LogP contribution in [0.1, 0.15) is 31.9 Å². The average molecular weight is 591 g/mol. The fourth-order valence-electron chi connectivity index (χ4n) is 3.80. The van der Waals surface area contributed by atoms with Crippen LogP contribution >= 0.6 is 11.6 Å². The van der Waals surface area contributed by atoms with Gasteiger partial charge in [-0.3, -0.25) is 20.0 Å². The molecule has 0 bridgehead atoms. The van der Waals surface area contributed by atoms with Crippen molar-refractivity contribution in [3.05, 3.63) is 70.8 Å². The molecule has 2 aromatic rings. The predicted molar refractivity (Wildman–Crippen MR) is 154 cm³/mol. The van der Waals surface area contributed by atoms with Crippen LogP contribution in [0.2, 0.25) is 5.02 Å². The number of benzene rings is 2. The monoisotopic (exact) mass is 590 g/mol. The van der Waals surface area contributed by atoms with Crippen molar-refractivity contribution in [2.24, 2.45) is 4.99 Å². The van der Waals surface area contributed by atoms with Crippen molar-refractivity contribution in [3.8, 4) is 5.75 Å². The summed E-state index contributed by atoms with van der Waals surface area (Å²) in [5.41, 5.74) is 1.09. The molecule has 0 aliphatic carbocycles. The number of likely N-dealkylation sites (N-methyl/N-ethyl adjacent to an activating group) is 1. The molecule has 1 N–H and O–H groups in total. The van der Waals surface area contributed by atoms with E-state index < -0.39 is 21.5 Å². The fraction of sp³-hybridized carbons (Fsp3) is 0.393. The van der Waals surface area contributed by atoms with Crippen molar-refractivity contribution < 1.29 is 27.5 Å². The number of hydrogen-bond acceptors (Lipinski definition) is 8. The van der Waals surface area contributed by atoms with Gasteiger partial charge in [-0.05, 0) is 38.5 Å². The molecule has 216 valence electrons. The van der Waals surface area contributed by atoms with Crippen molar-refractivity contribution in [1.82, 2.24) is 15.1 Å². The van der Waals surface area contributed by atoms with E-state index in [0.717, 1.165) is 11.1 Å². The van der Waals surface area contributed by atoms with Crippen LogP contribution in [0, 0.1) is 0 Å². The number of sulfone groups is 1. The summed E-state index contributed by atoms with van der Waals surface area (Å²) in [6, 6.07) is 11.9. The first kappa shape index (κ1) is 31.1. The molecule has 0 atom stereocenters. The minimum atomic E-state index is -3.66. The highest BCUT2D eigenvalue weighted by molar-refractivity contribution is 7.91. The van der Waals surface area contributed by atoms with Gasteiger partial charge in [0.2, 0.25) is 5.91 Å². The van der Waals surface area contributed by atoms with E-state index in [4.69, 9.17) is 21.1 Å². The molecule has 0 fully saturated rings. The number of hydrogen-bond donors (Lipinski definition) is 1. The molecule has 12 heteroatoms. The van der Waals surface area contributed by atoms with Gasteiger partial charge < -0.3 is 14.4 Å². The molecule has 0 unspecified atom stereocenters. The Morgan fingerprint density at radius 1 is 1.18 bits per heavy atom. The lowest BCUT2D eigenvalue weighted by Crippen LogP contribution is -2.39. The lowest BCUT2D eigenvalue weighted by atomic mass is 10.1. The van der Waals surface area contributed by atoms with Gasteiger partial charge in [-0.15, -0.1) is 0 Å². The number of amides is 2. The van der Waals surface area contributed by atoms with E-state index in [-0.39, 0.29) is 28.2 Å². The quantitative estimate of drug-likeness (QED) is 0.329. The van der Waals surface area contributed by atoms with E-state index in [0.29, 0.717) is 31.2 Å². The normalized spacial score (nSPS) is 13.8. The molecule has 0 aromatic heterocycles. The zero-order valence-corrected chi connectivity index (χ0v) is 24.9. The van der Waals surface area contributed by atoms with Gasteiger partial charge in [-0.25, -0.2) is 13.2 Å². The van der Waals surface area contributed by atoms with Crippen LogP contribution in [0.15, 0.2) is 64.5 Å². The molecule has 2 aromatic carbocycles. The summed E-state index contributed by atoms with van der Waals surface area (Å²) in [6.07, 6.45) is 2.53. The topological polar surface area (TPSA) is 118 Å². The minimum absolute atomic E-state index is 0.00539. The maximum absolute atomic E-state index is 12.6. The first-order valence-corrected chi connectivity index (χ1v) is 14.7. The van der Waals surface area contributed by atoms with Gasteiger partial charge in [0.15, 0.2) is 9.84 Å². The molecule has 0 saturated carbocycles. The van der Waals surface area contributed by atoms with Crippen LogP contribution in [-0.2, 0) is 25.9 Å². The maximum Gasteiger partial charge on any atom is 0.416 e. The Morgan fingerprint density at radius 3 is 2.50 bits per heavy atom. The number of halogens is 1. The number of ether oxygens (including phenoxy) is 2. The lowest BCUT2D eigenvalue weighted by Gasteiger charge is -2.25. The Balaban J connectivity index is 1.49. The molecule has 10 nitrogen and oxygen atoms in total. The van der Waals surface area contributed by atoms with Crippen LogP contribution in [0.4, 0.5) is 4.79 Å². The summed E-state index contributed by atoms with van der Waals surface area (Å²) in [5.74, 6) is 0.461. The number of methoxy groups -OCH3 is 1. The molecule has 2 amide bonds. The molecule has 40 heavy (non-hydrogen) atoms. The number of aliphatic imine (C=N–C) groups is 1. The van der Waals surface area contributed by atoms with E-state index in [1.807, 2.05) is 45.0 Å². The second-order valence-electron chi connectivity index (χ2n) is 10.1. The van der Waals surface area contributed by atoms with E-state index in [2.05, 4.69) is 10.3 Å². The van der Waals surface area contributed by atoms with Crippen molar-refractivity contribution >= 4 is 39.3 Å². The highest BCUT2D eigenvalue weighted by Gasteiger charge is 2.29. The number of nitrogens with one attached hydrogen (secondary N) is 1. The Hall–Kier alpha value is -3.41. The van der Waals surface area contributed by atoms with Crippen LogP contribution in [-0.4, -0.2) is 81.3 Å². The smallest absolute Gasteiger partial charge is 0.416 e. The Bertz CT molecular complexity index is 1380. The summed E-state index contributed by atoms with van der Waals surface area (Å²) in [4.78, 5) is 32.6. The SMILES string of the molecule is COc1ccc(S(=O)(=O)CNC/C=C/C(=O)N(C)Cc2ccc(C3=NCCN3C(=O)OC(C)(C)C)cc2)c(Cl)c1. The Morgan fingerprint density at radius 2 is 1.88 bits per heavy atom. The van der Waals surface area contributed by atoms with Crippen LogP contribution in [0.3, 0.4) is 0 Å². The van der Waals surface area contributed by atoms with Gasteiger partial charge >= 0.3 is 6.09 Å². The number of amidine groups is 1. The number of carbonyl (C=O) groups is 2. The summed E-state index contributed by atoms with van der Waals surface area (Å²) in [5, 5.41) is 2.88. The molecular formula is C28H35ClN4O6S. The zero-order chi connectivity index (χ0) is 29.5. The second kappa shape index (κ2) is 13.3. The standard InChI is InChI=1S/C28H35ClN4O6S/c1-28(2,3)39-27(35)33-16-15-31-26(33)21-10-8-20(9-11-21)18-32(4)25(34)7-6-14-30-19-40(36,37)24-13-12-22(38-5)17-23(24)29/h6-13,17,30H,14-16,18-19H2,1-5H3/b7-6+. The highest BCUT2D eigenvalue weighted by Crippen LogP contribution is 2.26. The van der Waals surface area contributed by atoms with Gasteiger partial charge in [0, 0.05) is 37.8 Å². The molecule has 1 heterocycles. The number of rotatable bonds is 10. The largest absolute Gasteiger partial charge is 0.497 e. The molecule has 0 radical (unpaired) electrons. The van der Waals surface area contributed by atoms with Gasteiger partial charge in [0.05, 0.1) is 30.1 Å². The predicted octanol–water partition coefficient (Wildman–Crippen LogP) is 3.88. The summed E-state index contributed by atoms with van der Waals surface area (Å²) < 4.78 is 35.6. The Kier molecular flexibility index (Phi) is 10.3. The van der Waals surface area contributed by atoms with Gasteiger partial charge in [-0.2, -0.15) is 0 Å². The third-order valence-corrected chi connectivity index (χ3v) is 7.79.